The zero-order valence-electron chi connectivity index (χ0n) is 19.5. The molecular weight excluding hydrogens is 519 g/mol. The molecule has 0 fully saturated rings. The quantitative estimate of drug-likeness (QED) is 0.301. The van der Waals surface area contributed by atoms with Crippen molar-refractivity contribution in [2.75, 3.05) is 11.9 Å². The molecular formula is C26H24ClFN4O4S. The van der Waals surface area contributed by atoms with Gasteiger partial charge in [0.1, 0.15) is 23.1 Å². The van der Waals surface area contributed by atoms with Crippen LogP contribution in [-0.4, -0.2) is 40.3 Å². The number of anilines is 1. The molecule has 37 heavy (non-hydrogen) atoms. The lowest BCUT2D eigenvalue weighted by molar-refractivity contribution is -0.134. The monoisotopic (exact) mass is 542 g/mol. The Bertz CT molecular complexity index is 1440. The lowest BCUT2D eigenvalue weighted by Gasteiger charge is -2.22. The molecule has 2 N–H and O–H groups in total. The van der Waals surface area contributed by atoms with Crippen molar-refractivity contribution in [2.45, 2.75) is 18.0 Å². The van der Waals surface area contributed by atoms with Gasteiger partial charge in [0, 0.05) is 18.9 Å². The Morgan fingerprint density at radius 3 is 2.22 bits per heavy atom. The van der Waals surface area contributed by atoms with Crippen molar-refractivity contribution < 1.29 is 22.7 Å². The molecule has 0 amide bonds. The Kier molecular flexibility index (Phi) is 9.29. The van der Waals surface area contributed by atoms with Gasteiger partial charge in [-0.15, -0.1) is 12.4 Å². The van der Waals surface area contributed by atoms with Crippen LogP contribution in [0.15, 0.2) is 96.2 Å². The maximum atomic E-state index is 13.5. The molecule has 0 aliphatic carbocycles. The number of nitrogens with one attached hydrogen (secondary N) is 1. The minimum Gasteiger partial charge on any atom is -0.480 e. The van der Waals surface area contributed by atoms with Crippen LogP contribution >= 0.6 is 12.4 Å². The molecule has 0 spiro atoms. The van der Waals surface area contributed by atoms with E-state index in [0.29, 0.717) is 11.5 Å². The summed E-state index contributed by atoms with van der Waals surface area (Å²) in [7, 11) is -3.93. The molecule has 192 valence electrons. The predicted molar refractivity (Wildman–Crippen MR) is 140 cm³/mol. The number of carboxylic acids is 1. The van der Waals surface area contributed by atoms with Crippen LogP contribution in [0.2, 0.25) is 0 Å². The Balaban J connectivity index is 0.00000380. The van der Waals surface area contributed by atoms with Gasteiger partial charge in [-0.2, -0.15) is 4.31 Å². The summed E-state index contributed by atoms with van der Waals surface area (Å²) >= 11 is 0. The van der Waals surface area contributed by atoms with Crippen LogP contribution in [0.3, 0.4) is 0 Å². The highest BCUT2D eigenvalue weighted by molar-refractivity contribution is 7.89. The fourth-order valence-electron chi connectivity index (χ4n) is 3.54. The van der Waals surface area contributed by atoms with Crippen LogP contribution in [0.4, 0.5) is 10.2 Å². The molecule has 0 bridgehead atoms. The summed E-state index contributed by atoms with van der Waals surface area (Å²) in [5, 5.41) is 11.6. The number of hydrogen-bond acceptors (Lipinski definition) is 6. The minimum atomic E-state index is -3.93. The summed E-state index contributed by atoms with van der Waals surface area (Å²) < 4.78 is 41.5. The first-order chi connectivity index (χ1) is 17.3. The molecule has 0 unspecified atom stereocenters. The average Bonchev–Trinajstić information content (AvgIpc) is 2.89. The van der Waals surface area contributed by atoms with Gasteiger partial charge in [-0.1, -0.05) is 42.5 Å². The fraction of sp³-hybridized carbons (Fsp3) is 0.115. The topological polar surface area (TPSA) is 112 Å². The van der Waals surface area contributed by atoms with Gasteiger partial charge in [-0.3, -0.25) is 9.78 Å². The molecule has 2 aromatic heterocycles. The van der Waals surface area contributed by atoms with Crippen molar-refractivity contribution in [3.8, 4) is 11.1 Å². The highest BCUT2D eigenvalue weighted by Crippen LogP contribution is 2.24. The number of nitrogens with zero attached hydrogens (tertiary/aromatic N) is 3. The van der Waals surface area contributed by atoms with Crippen molar-refractivity contribution >= 4 is 34.2 Å². The van der Waals surface area contributed by atoms with E-state index in [0.717, 1.165) is 16.7 Å². The van der Waals surface area contributed by atoms with Gasteiger partial charge in [0.2, 0.25) is 10.0 Å². The number of halogens is 2. The maximum Gasteiger partial charge on any atom is 0.322 e. The first-order valence-electron chi connectivity index (χ1n) is 11.0. The lowest BCUT2D eigenvalue weighted by atomic mass is 10.0. The summed E-state index contributed by atoms with van der Waals surface area (Å²) in [6.07, 6.45) is 2.79. The third-order valence-corrected chi connectivity index (χ3v) is 7.10. The summed E-state index contributed by atoms with van der Waals surface area (Å²) in [4.78, 5) is 19.2. The Labute approximate surface area is 220 Å². The SMILES string of the molecule is Cl.O=C(O)CNc1cccc(CN(Cc2ccc(-c3ccc(F)cc3)cc2)S(=O)(=O)c2cccnc2)n1. The van der Waals surface area contributed by atoms with Crippen LogP contribution < -0.4 is 5.32 Å². The molecule has 2 aromatic carbocycles. The number of sulfonamides is 1. The zero-order chi connectivity index (χ0) is 25.5. The Hall–Kier alpha value is -3.86. The van der Waals surface area contributed by atoms with Crippen LogP contribution in [0.1, 0.15) is 11.3 Å². The van der Waals surface area contributed by atoms with Gasteiger partial charge in [-0.25, -0.2) is 17.8 Å². The number of carboxylic acid groups (broad SMARTS) is 1. The molecule has 4 aromatic rings. The second kappa shape index (κ2) is 12.4. The summed E-state index contributed by atoms with van der Waals surface area (Å²) in [6, 6.07) is 21.5. The molecule has 8 nitrogen and oxygen atoms in total. The van der Waals surface area contributed by atoms with Crippen LogP contribution in [0.5, 0.6) is 0 Å². The van der Waals surface area contributed by atoms with E-state index >= 15 is 0 Å². The molecule has 0 saturated carbocycles. The van der Waals surface area contributed by atoms with E-state index in [1.807, 2.05) is 24.3 Å². The lowest BCUT2D eigenvalue weighted by Crippen LogP contribution is -2.30. The van der Waals surface area contributed by atoms with E-state index < -0.39 is 16.0 Å². The van der Waals surface area contributed by atoms with Gasteiger partial charge in [-0.05, 0) is 53.1 Å². The minimum absolute atomic E-state index is 0. The maximum absolute atomic E-state index is 13.5. The van der Waals surface area contributed by atoms with Crippen molar-refractivity contribution in [3.05, 3.63) is 108 Å². The molecule has 0 atom stereocenters. The van der Waals surface area contributed by atoms with Crippen molar-refractivity contribution in [2.24, 2.45) is 0 Å². The first kappa shape index (κ1) is 27.7. The number of hydrogen-bond donors (Lipinski definition) is 2. The average molecular weight is 543 g/mol. The molecule has 4 rings (SSSR count). The molecule has 0 aliphatic rings. The van der Waals surface area contributed by atoms with E-state index in [4.69, 9.17) is 5.11 Å². The summed E-state index contributed by atoms with van der Waals surface area (Å²) in [6.45, 7) is -0.288. The number of carbonyl (C=O) groups is 1. The summed E-state index contributed by atoms with van der Waals surface area (Å²) in [5.41, 5.74) is 2.91. The van der Waals surface area contributed by atoms with E-state index in [9.17, 15) is 17.6 Å². The van der Waals surface area contributed by atoms with E-state index in [-0.39, 0.29) is 42.8 Å². The summed E-state index contributed by atoms with van der Waals surface area (Å²) in [5.74, 6) is -1.02. The van der Waals surface area contributed by atoms with Crippen LogP contribution in [0.25, 0.3) is 11.1 Å². The number of aliphatic carboxylic acids is 1. The molecule has 0 radical (unpaired) electrons. The molecule has 11 heteroatoms. The van der Waals surface area contributed by atoms with Crippen molar-refractivity contribution in [1.82, 2.24) is 14.3 Å². The second-order valence-corrected chi connectivity index (χ2v) is 9.87. The van der Waals surface area contributed by atoms with E-state index in [1.165, 1.54) is 34.9 Å². The number of pyridine rings is 2. The van der Waals surface area contributed by atoms with Gasteiger partial charge < -0.3 is 10.4 Å². The largest absolute Gasteiger partial charge is 0.480 e. The molecule has 2 heterocycles. The predicted octanol–water partition coefficient (Wildman–Crippen LogP) is 4.59. The standard InChI is InChI=1S/C26H23FN4O4S.ClH/c27-22-12-10-21(11-13-22)20-8-6-19(7-9-20)17-31(36(34,35)24-4-2-14-28-15-24)18-23-3-1-5-25(30-23)29-16-26(32)33;/h1-15H,16-18H2,(H,29,30)(H,32,33);1H. The normalized spacial score (nSPS) is 11.1. The zero-order valence-corrected chi connectivity index (χ0v) is 21.1. The highest BCUT2D eigenvalue weighted by Gasteiger charge is 2.26. The van der Waals surface area contributed by atoms with Gasteiger partial charge in [0.05, 0.1) is 12.2 Å². The number of benzene rings is 2. The van der Waals surface area contributed by atoms with E-state index in [2.05, 4.69) is 15.3 Å². The third-order valence-electron chi connectivity index (χ3n) is 5.33. The Morgan fingerprint density at radius 2 is 1.59 bits per heavy atom. The fourth-order valence-corrected chi connectivity index (χ4v) is 4.90. The Morgan fingerprint density at radius 1 is 0.919 bits per heavy atom. The highest BCUT2D eigenvalue weighted by atomic mass is 35.5. The van der Waals surface area contributed by atoms with Crippen LogP contribution in [-0.2, 0) is 27.9 Å². The van der Waals surface area contributed by atoms with Gasteiger partial charge in [0.25, 0.3) is 0 Å². The second-order valence-electron chi connectivity index (χ2n) is 7.93. The number of rotatable bonds is 10. The van der Waals surface area contributed by atoms with Crippen LogP contribution in [0, 0.1) is 5.82 Å². The molecule has 0 saturated heterocycles. The van der Waals surface area contributed by atoms with Crippen molar-refractivity contribution in [3.63, 3.8) is 0 Å². The first-order valence-corrected chi connectivity index (χ1v) is 12.4. The van der Waals surface area contributed by atoms with E-state index in [1.54, 1.807) is 36.4 Å². The smallest absolute Gasteiger partial charge is 0.322 e. The van der Waals surface area contributed by atoms with Gasteiger partial charge in [0.15, 0.2) is 0 Å². The van der Waals surface area contributed by atoms with Crippen molar-refractivity contribution in [1.29, 1.82) is 0 Å². The molecule has 0 aliphatic heterocycles. The van der Waals surface area contributed by atoms with Gasteiger partial charge >= 0.3 is 5.97 Å². The number of aromatic nitrogens is 2. The third kappa shape index (κ3) is 7.32.